The maximum absolute atomic E-state index is 5.22. The van der Waals surface area contributed by atoms with E-state index in [1.54, 1.807) is 0 Å². The van der Waals surface area contributed by atoms with Crippen molar-refractivity contribution in [1.82, 2.24) is 15.0 Å². The second-order valence-corrected chi connectivity index (χ2v) is 15.2. The van der Waals surface area contributed by atoms with Gasteiger partial charge in [0.05, 0.1) is 0 Å². The van der Waals surface area contributed by atoms with Crippen LogP contribution in [0.5, 0.6) is 0 Å². The van der Waals surface area contributed by atoms with E-state index in [-0.39, 0.29) is 0 Å². The van der Waals surface area contributed by atoms with Crippen LogP contribution in [0.3, 0.4) is 0 Å². The molecule has 1 aromatic heterocycles. The van der Waals surface area contributed by atoms with E-state index < -0.39 is 0 Å². The van der Waals surface area contributed by atoms with Crippen LogP contribution in [-0.4, -0.2) is 15.0 Å². The highest BCUT2D eigenvalue weighted by Gasteiger charge is 2.16. The molecule has 0 atom stereocenters. The third kappa shape index (κ3) is 6.68. The molecular formula is C57H37N3. The molecule has 1 heterocycles. The first-order valence-electron chi connectivity index (χ1n) is 20.3. The second kappa shape index (κ2) is 15.1. The van der Waals surface area contributed by atoms with Crippen molar-refractivity contribution < 1.29 is 0 Å². The molecule has 0 unspecified atom stereocenters. The number of hydrogen-bond donors (Lipinski definition) is 0. The average Bonchev–Trinajstić information content (AvgIpc) is 3.33. The van der Waals surface area contributed by atoms with E-state index >= 15 is 0 Å². The number of rotatable bonds is 7. The topological polar surface area (TPSA) is 38.7 Å². The van der Waals surface area contributed by atoms with Gasteiger partial charge in [-0.15, -0.1) is 0 Å². The standard InChI is InChI=1S/C57H37N3/c1-3-11-38(12-4-1)46-31-32-48-36-50(34-33-47(48)35-46)56-58-55(59-57(60-56)53-20-10-17-43-27-30-49(37-54(43)53)39-13-5-2-6-14-39)45-28-23-41(24-29-45)40-21-25-44(26-22-40)52-19-9-16-42-15-7-8-18-51(42)52/h1-37H. The zero-order valence-electron chi connectivity index (χ0n) is 32.7. The molecule has 0 fully saturated rings. The lowest BCUT2D eigenvalue weighted by Gasteiger charge is -2.12. The van der Waals surface area contributed by atoms with Gasteiger partial charge in [-0.05, 0) is 95.0 Å². The van der Waals surface area contributed by atoms with Crippen molar-refractivity contribution in [2.75, 3.05) is 0 Å². The summed E-state index contributed by atoms with van der Waals surface area (Å²) in [6.07, 6.45) is 0. The molecule has 0 aliphatic rings. The number of nitrogens with zero attached hydrogens (tertiary/aromatic N) is 3. The lowest BCUT2D eigenvalue weighted by Crippen LogP contribution is -2.00. The SMILES string of the molecule is c1ccc(-c2ccc3cc(-c4nc(-c5ccc(-c6ccc(-c7cccc8ccccc78)cc6)cc5)nc(-c5cccc6ccc(-c7ccccc7)cc56)n4)ccc3c2)cc1. The molecule has 3 nitrogen and oxygen atoms in total. The van der Waals surface area contributed by atoms with Gasteiger partial charge in [0, 0.05) is 16.7 Å². The monoisotopic (exact) mass is 763 g/mol. The molecule has 0 saturated heterocycles. The Morgan fingerprint density at radius 1 is 0.200 bits per heavy atom. The fraction of sp³-hybridized carbons (Fsp3) is 0. The maximum atomic E-state index is 5.22. The lowest BCUT2D eigenvalue weighted by atomic mass is 9.96. The Morgan fingerprint density at radius 3 is 1.28 bits per heavy atom. The van der Waals surface area contributed by atoms with E-state index in [4.69, 9.17) is 15.0 Å². The van der Waals surface area contributed by atoms with Crippen LogP contribution in [-0.2, 0) is 0 Å². The Kier molecular flexibility index (Phi) is 8.83. The summed E-state index contributed by atoms with van der Waals surface area (Å²) in [5, 5.41) is 7.02. The molecule has 3 heteroatoms. The third-order valence-electron chi connectivity index (χ3n) is 11.5. The molecule has 0 aliphatic carbocycles. The summed E-state index contributed by atoms with van der Waals surface area (Å²) in [4.78, 5) is 15.6. The largest absolute Gasteiger partial charge is 0.208 e. The molecule has 11 rings (SSSR count). The summed E-state index contributed by atoms with van der Waals surface area (Å²) in [6, 6.07) is 79.6. The number of hydrogen-bond acceptors (Lipinski definition) is 3. The van der Waals surface area contributed by atoms with Gasteiger partial charge in [-0.2, -0.15) is 0 Å². The minimum Gasteiger partial charge on any atom is -0.208 e. The molecule has 0 amide bonds. The van der Waals surface area contributed by atoms with Crippen molar-refractivity contribution in [1.29, 1.82) is 0 Å². The minimum atomic E-state index is 0.628. The first kappa shape index (κ1) is 35.2. The van der Waals surface area contributed by atoms with Gasteiger partial charge in [0.15, 0.2) is 17.5 Å². The van der Waals surface area contributed by atoms with E-state index in [1.165, 1.54) is 38.6 Å². The van der Waals surface area contributed by atoms with Crippen molar-refractivity contribution in [2.45, 2.75) is 0 Å². The predicted octanol–water partition coefficient (Wildman–Crippen LogP) is 15.0. The van der Waals surface area contributed by atoms with Gasteiger partial charge in [-0.25, -0.2) is 15.0 Å². The first-order valence-corrected chi connectivity index (χ1v) is 20.3. The number of benzene rings is 10. The molecule has 10 aromatic carbocycles. The Balaban J connectivity index is 0.995. The van der Waals surface area contributed by atoms with Crippen molar-refractivity contribution >= 4 is 32.3 Å². The van der Waals surface area contributed by atoms with Gasteiger partial charge < -0.3 is 0 Å². The smallest absolute Gasteiger partial charge is 0.164 e. The molecule has 0 N–H and O–H groups in total. The summed E-state index contributed by atoms with van der Waals surface area (Å²) < 4.78 is 0. The molecule has 0 aliphatic heterocycles. The number of fused-ring (bicyclic) bond motifs is 3. The van der Waals surface area contributed by atoms with Crippen LogP contribution in [0.2, 0.25) is 0 Å². The van der Waals surface area contributed by atoms with Crippen molar-refractivity contribution in [3.8, 4) is 78.7 Å². The fourth-order valence-electron chi connectivity index (χ4n) is 8.36. The summed E-state index contributed by atoms with van der Waals surface area (Å²) in [5.74, 6) is 1.90. The van der Waals surface area contributed by atoms with Gasteiger partial charge in [0.2, 0.25) is 0 Å². The Bertz CT molecular complexity index is 3330. The van der Waals surface area contributed by atoms with Crippen LogP contribution < -0.4 is 0 Å². The normalized spacial score (nSPS) is 11.3. The zero-order chi connectivity index (χ0) is 39.8. The van der Waals surface area contributed by atoms with Crippen LogP contribution in [0.4, 0.5) is 0 Å². The number of aromatic nitrogens is 3. The Labute approximate surface area is 349 Å². The van der Waals surface area contributed by atoms with E-state index in [1.807, 2.05) is 0 Å². The van der Waals surface area contributed by atoms with Crippen molar-refractivity contribution in [2.24, 2.45) is 0 Å². The maximum Gasteiger partial charge on any atom is 0.164 e. The van der Waals surface area contributed by atoms with E-state index in [2.05, 4.69) is 224 Å². The summed E-state index contributed by atoms with van der Waals surface area (Å²) in [5.41, 5.74) is 12.3. The van der Waals surface area contributed by atoms with Crippen molar-refractivity contribution in [3.63, 3.8) is 0 Å². The first-order chi connectivity index (χ1) is 29.7. The van der Waals surface area contributed by atoms with Crippen LogP contribution >= 0.6 is 0 Å². The summed E-state index contributed by atoms with van der Waals surface area (Å²) in [7, 11) is 0. The van der Waals surface area contributed by atoms with Crippen LogP contribution in [0.1, 0.15) is 0 Å². The van der Waals surface area contributed by atoms with Gasteiger partial charge in [-0.3, -0.25) is 0 Å². The molecular weight excluding hydrogens is 727 g/mol. The van der Waals surface area contributed by atoms with E-state index in [0.717, 1.165) is 54.9 Å². The fourth-order valence-corrected chi connectivity index (χ4v) is 8.36. The van der Waals surface area contributed by atoms with Gasteiger partial charge in [0.1, 0.15) is 0 Å². The molecule has 280 valence electrons. The van der Waals surface area contributed by atoms with E-state index in [9.17, 15) is 0 Å². The quantitative estimate of drug-likeness (QED) is 0.162. The Hall–Kier alpha value is -8.01. The summed E-state index contributed by atoms with van der Waals surface area (Å²) >= 11 is 0. The minimum absolute atomic E-state index is 0.628. The van der Waals surface area contributed by atoms with Crippen LogP contribution in [0, 0.1) is 0 Å². The summed E-state index contributed by atoms with van der Waals surface area (Å²) in [6.45, 7) is 0. The highest BCUT2D eigenvalue weighted by molar-refractivity contribution is 5.99. The van der Waals surface area contributed by atoms with Gasteiger partial charge in [0.25, 0.3) is 0 Å². The van der Waals surface area contributed by atoms with Gasteiger partial charge in [-0.1, -0.05) is 206 Å². The van der Waals surface area contributed by atoms with Crippen molar-refractivity contribution in [3.05, 3.63) is 224 Å². The molecule has 0 spiro atoms. The molecule has 0 bridgehead atoms. The van der Waals surface area contributed by atoms with Crippen LogP contribution in [0.25, 0.3) is 111 Å². The molecule has 11 aromatic rings. The molecule has 0 saturated carbocycles. The zero-order valence-corrected chi connectivity index (χ0v) is 32.7. The highest BCUT2D eigenvalue weighted by Crippen LogP contribution is 2.35. The average molecular weight is 764 g/mol. The third-order valence-corrected chi connectivity index (χ3v) is 11.5. The Morgan fingerprint density at radius 2 is 0.617 bits per heavy atom. The lowest BCUT2D eigenvalue weighted by molar-refractivity contribution is 1.08. The van der Waals surface area contributed by atoms with Crippen LogP contribution in [0.15, 0.2) is 224 Å². The highest BCUT2D eigenvalue weighted by atomic mass is 15.0. The molecule has 60 heavy (non-hydrogen) atoms. The molecule has 0 radical (unpaired) electrons. The van der Waals surface area contributed by atoms with Gasteiger partial charge >= 0.3 is 0 Å². The second-order valence-electron chi connectivity index (χ2n) is 15.2. The van der Waals surface area contributed by atoms with E-state index in [0.29, 0.717) is 17.5 Å². The predicted molar refractivity (Wildman–Crippen MR) is 250 cm³/mol.